The van der Waals surface area contributed by atoms with Gasteiger partial charge in [-0.25, -0.2) is 4.39 Å². The van der Waals surface area contributed by atoms with E-state index in [0.29, 0.717) is 11.6 Å². The van der Waals surface area contributed by atoms with Gasteiger partial charge in [0.05, 0.1) is 6.10 Å². The van der Waals surface area contributed by atoms with Gasteiger partial charge in [0, 0.05) is 10.6 Å². The lowest BCUT2D eigenvalue weighted by molar-refractivity contribution is 0.118. The van der Waals surface area contributed by atoms with Crippen LogP contribution >= 0.6 is 11.6 Å². The molecular formula is C10H13ClFNO. The predicted octanol–water partition coefficient (Wildman–Crippen LogP) is 2.11. The Morgan fingerprint density at radius 3 is 2.71 bits per heavy atom. The molecule has 0 saturated heterocycles. The van der Waals surface area contributed by atoms with Gasteiger partial charge in [-0.2, -0.15) is 0 Å². The molecule has 0 aromatic heterocycles. The van der Waals surface area contributed by atoms with Crippen LogP contribution in [-0.4, -0.2) is 11.7 Å². The number of aliphatic hydroxyl groups is 1. The number of halogens is 2. The fourth-order valence-corrected chi connectivity index (χ4v) is 1.34. The number of rotatable bonds is 3. The molecule has 0 spiro atoms. The topological polar surface area (TPSA) is 46.2 Å². The molecule has 2 unspecified atom stereocenters. The van der Waals surface area contributed by atoms with E-state index >= 15 is 0 Å². The quantitative estimate of drug-likeness (QED) is 0.815. The van der Waals surface area contributed by atoms with Crippen molar-refractivity contribution in [3.05, 3.63) is 34.6 Å². The molecule has 0 bridgehead atoms. The molecule has 1 rings (SSSR count). The molecule has 0 saturated carbocycles. The van der Waals surface area contributed by atoms with Crippen molar-refractivity contribution in [3.63, 3.8) is 0 Å². The lowest BCUT2D eigenvalue weighted by Crippen LogP contribution is -2.19. The fourth-order valence-electron chi connectivity index (χ4n) is 1.18. The zero-order valence-corrected chi connectivity index (χ0v) is 8.63. The highest BCUT2D eigenvalue weighted by molar-refractivity contribution is 6.30. The standard InChI is InChI=1S/C10H13ClFNO/c1-6(5-13)10(14)8-3-2-7(11)4-9(8)12/h2-4,6,10,14H,5,13H2,1H3. The number of benzene rings is 1. The Hall–Kier alpha value is -0.640. The zero-order valence-electron chi connectivity index (χ0n) is 7.87. The van der Waals surface area contributed by atoms with Crippen molar-refractivity contribution in [1.82, 2.24) is 0 Å². The summed E-state index contributed by atoms with van der Waals surface area (Å²) in [7, 11) is 0. The maximum Gasteiger partial charge on any atom is 0.130 e. The second-order valence-electron chi connectivity index (χ2n) is 3.32. The average molecular weight is 218 g/mol. The van der Waals surface area contributed by atoms with Crippen LogP contribution in [0.3, 0.4) is 0 Å². The number of hydrogen-bond acceptors (Lipinski definition) is 2. The Kier molecular flexibility index (Phi) is 3.86. The molecule has 14 heavy (non-hydrogen) atoms. The summed E-state index contributed by atoms with van der Waals surface area (Å²) < 4.78 is 13.3. The molecule has 3 N–H and O–H groups in total. The van der Waals surface area contributed by atoms with Crippen LogP contribution < -0.4 is 5.73 Å². The van der Waals surface area contributed by atoms with Crippen molar-refractivity contribution in [3.8, 4) is 0 Å². The Morgan fingerprint density at radius 2 is 2.21 bits per heavy atom. The molecule has 0 amide bonds. The van der Waals surface area contributed by atoms with E-state index in [2.05, 4.69) is 0 Å². The molecular weight excluding hydrogens is 205 g/mol. The van der Waals surface area contributed by atoms with Crippen LogP contribution in [0.2, 0.25) is 5.02 Å². The highest BCUT2D eigenvalue weighted by Gasteiger charge is 2.18. The number of hydrogen-bond donors (Lipinski definition) is 2. The van der Waals surface area contributed by atoms with Crippen LogP contribution in [0.4, 0.5) is 4.39 Å². The largest absolute Gasteiger partial charge is 0.388 e. The van der Waals surface area contributed by atoms with Gasteiger partial charge in [0.25, 0.3) is 0 Å². The first-order chi connectivity index (χ1) is 6.56. The van der Waals surface area contributed by atoms with Crippen molar-refractivity contribution in [2.24, 2.45) is 11.7 Å². The van der Waals surface area contributed by atoms with E-state index in [-0.39, 0.29) is 11.5 Å². The summed E-state index contributed by atoms with van der Waals surface area (Å²) in [5.41, 5.74) is 5.62. The van der Waals surface area contributed by atoms with E-state index in [1.807, 2.05) is 0 Å². The minimum Gasteiger partial charge on any atom is -0.388 e. The lowest BCUT2D eigenvalue weighted by atomic mass is 9.97. The van der Waals surface area contributed by atoms with Crippen molar-refractivity contribution in [2.45, 2.75) is 13.0 Å². The molecule has 0 radical (unpaired) electrons. The minimum atomic E-state index is -0.878. The normalized spacial score (nSPS) is 15.2. The maximum absolute atomic E-state index is 13.3. The Bertz CT molecular complexity index is 319. The molecule has 1 aromatic rings. The predicted molar refractivity (Wildman–Crippen MR) is 54.6 cm³/mol. The summed E-state index contributed by atoms with van der Waals surface area (Å²) >= 11 is 5.59. The van der Waals surface area contributed by atoms with Crippen molar-refractivity contribution in [1.29, 1.82) is 0 Å². The second kappa shape index (κ2) is 4.73. The summed E-state index contributed by atoms with van der Waals surface area (Å²) in [5, 5.41) is 10.0. The van der Waals surface area contributed by atoms with Crippen LogP contribution in [-0.2, 0) is 0 Å². The molecule has 2 nitrogen and oxygen atoms in total. The average Bonchev–Trinajstić information content (AvgIpc) is 2.15. The van der Waals surface area contributed by atoms with Crippen LogP contribution in [0.5, 0.6) is 0 Å². The third-order valence-electron chi connectivity index (χ3n) is 2.19. The van der Waals surface area contributed by atoms with Gasteiger partial charge in [-0.1, -0.05) is 24.6 Å². The highest BCUT2D eigenvalue weighted by Crippen LogP contribution is 2.25. The molecule has 2 atom stereocenters. The van der Waals surface area contributed by atoms with E-state index in [9.17, 15) is 9.50 Å². The monoisotopic (exact) mass is 217 g/mol. The Morgan fingerprint density at radius 1 is 1.57 bits per heavy atom. The minimum absolute atomic E-state index is 0.175. The van der Waals surface area contributed by atoms with Crippen LogP contribution in [0.15, 0.2) is 18.2 Å². The summed E-state index contributed by atoms with van der Waals surface area (Å²) in [6.07, 6.45) is -0.878. The summed E-state index contributed by atoms with van der Waals surface area (Å²) in [5.74, 6) is -0.670. The summed E-state index contributed by atoms with van der Waals surface area (Å²) in [6.45, 7) is 2.07. The third kappa shape index (κ3) is 2.44. The molecule has 1 aromatic carbocycles. The van der Waals surface area contributed by atoms with Gasteiger partial charge in [-0.05, 0) is 24.6 Å². The first-order valence-electron chi connectivity index (χ1n) is 4.39. The van der Waals surface area contributed by atoms with Crippen molar-refractivity contribution < 1.29 is 9.50 Å². The zero-order chi connectivity index (χ0) is 10.7. The fraction of sp³-hybridized carbons (Fsp3) is 0.400. The molecule has 0 heterocycles. The van der Waals surface area contributed by atoms with Gasteiger partial charge in [-0.15, -0.1) is 0 Å². The smallest absolute Gasteiger partial charge is 0.130 e. The van der Waals surface area contributed by atoms with Crippen molar-refractivity contribution >= 4 is 11.6 Å². The van der Waals surface area contributed by atoms with Gasteiger partial charge in [0.2, 0.25) is 0 Å². The number of aliphatic hydroxyl groups excluding tert-OH is 1. The first-order valence-corrected chi connectivity index (χ1v) is 4.77. The second-order valence-corrected chi connectivity index (χ2v) is 3.76. The molecule has 4 heteroatoms. The van der Waals surface area contributed by atoms with Gasteiger partial charge < -0.3 is 10.8 Å². The third-order valence-corrected chi connectivity index (χ3v) is 2.43. The summed E-state index contributed by atoms with van der Waals surface area (Å²) in [4.78, 5) is 0. The van der Waals surface area contributed by atoms with Gasteiger partial charge in [0.1, 0.15) is 5.82 Å². The van der Waals surface area contributed by atoms with Gasteiger partial charge >= 0.3 is 0 Å². The van der Waals surface area contributed by atoms with E-state index < -0.39 is 11.9 Å². The van der Waals surface area contributed by atoms with Crippen LogP contribution in [0.25, 0.3) is 0 Å². The Labute approximate surface area is 87.5 Å². The first kappa shape index (κ1) is 11.4. The maximum atomic E-state index is 13.3. The number of nitrogens with two attached hydrogens (primary N) is 1. The molecule has 0 fully saturated rings. The van der Waals surface area contributed by atoms with E-state index in [0.717, 1.165) is 0 Å². The van der Waals surface area contributed by atoms with Crippen molar-refractivity contribution in [2.75, 3.05) is 6.54 Å². The molecule has 0 aliphatic carbocycles. The highest BCUT2D eigenvalue weighted by atomic mass is 35.5. The Balaban J connectivity index is 2.95. The van der Waals surface area contributed by atoms with Gasteiger partial charge in [-0.3, -0.25) is 0 Å². The SMILES string of the molecule is CC(CN)C(O)c1ccc(Cl)cc1F. The van der Waals surface area contributed by atoms with Gasteiger partial charge in [0.15, 0.2) is 0 Å². The molecule has 0 aliphatic rings. The molecule has 78 valence electrons. The van der Waals surface area contributed by atoms with E-state index in [1.165, 1.54) is 12.1 Å². The van der Waals surface area contributed by atoms with Crippen LogP contribution in [0.1, 0.15) is 18.6 Å². The molecule has 0 aliphatic heterocycles. The summed E-state index contributed by atoms with van der Waals surface area (Å²) in [6, 6.07) is 4.21. The van der Waals surface area contributed by atoms with E-state index in [1.54, 1.807) is 13.0 Å². The van der Waals surface area contributed by atoms with Crippen LogP contribution in [0, 0.1) is 11.7 Å². The van der Waals surface area contributed by atoms with E-state index in [4.69, 9.17) is 17.3 Å². The lowest BCUT2D eigenvalue weighted by Gasteiger charge is -2.17.